The molecule has 2 heterocycles. The van der Waals surface area contributed by atoms with Gasteiger partial charge in [-0.25, -0.2) is 0 Å². The van der Waals surface area contributed by atoms with Crippen LogP contribution in [0.15, 0.2) is 18.2 Å². The summed E-state index contributed by atoms with van der Waals surface area (Å²) in [4.78, 5) is 0. The molecule has 1 aromatic carbocycles. The first-order chi connectivity index (χ1) is 10.6. The van der Waals surface area contributed by atoms with Crippen molar-refractivity contribution in [1.82, 2.24) is 5.32 Å². The van der Waals surface area contributed by atoms with Crippen molar-refractivity contribution in [3.05, 3.63) is 35.4 Å². The number of halogens is 6. The molecule has 0 aliphatic carbocycles. The van der Waals surface area contributed by atoms with Gasteiger partial charge in [-0.15, -0.1) is 0 Å². The van der Waals surface area contributed by atoms with Crippen molar-refractivity contribution in [2.75, 3.05) is 0 Å². The summed E-state index contributed by atoms with van der Waals surface area (Å²) in [5.41, 5.74) is -2.72. The lowest BCUT2D eigenvalue weighted by molar-refractivity contribution is -0.144. The van der Waals surface area contributed by atoms with E-state index in [0.717, 1.165) is 24.9 Å². The number of piperidine rings is 1. The summed E-state index contributed by atoms with van der Waals surface area (Å²) in [6.45, 7) is 0. The van der Waals surface area contributed by atoms with Crippen molar-refractivity contribution in [3.63, 3.8) is 0 Å². The lowest BCUT2D eigenvalue weighted by Gasteiger charge is -2.30. The van der Waals surface area contributed by atoms with Gasteiger partial charge < -0.3 is 10.1 Å². The summed E-state index contributed by atoms with van der Waals surface area (Å²) < 4.78 is 82.5. The molecule has 2 saturated heterocycles. The molecule has 1 N–H and O–H groups in total. The average molecular weight is 338 g/mol. The molecule has 8 heteroatoms. The predicted molar refractivity (Wildman–Crippen MR) is 69.5 cm³/mol. The van der Waals surface area contributed by atoms with Crippen LogP contribution in [0.5, 0.6) is 5.75 Å². The Labute approximate surface area is 128 Å². The van der Waals surface area contributed by atoms with Gasteiger partial charge in [0, 0.05) is 18.5 Å². The summed E-state index contributed by atoms with van der Waals surface area (Å²) in [6, 6.07) is 2.70. The molecule has 0 aromatic heterocycles. The van der Waals surface area contributed by atoms with Crippen LogP contribution in [0, 0.1) is 6.04 Å². The number of nitrogens with one attached hydrogen (secondary N) is 1. The highest BCUT2D eigenvalue weighted by Gasteiger charge is 2.40. The second-order valence-corrected chi connectivity index (χ2v) is 5.87. The van der Waals surface area contributed by atoms with E-state index in [2.05, 4.69) is 5.32 Å². The van der Waals surface area contributed by atoms with E-state index in [1.165, 1.54) is 0 Å². The van der Waals surface area contributed by atoms with Crippen molar-refractivity contribution >= 4 is 0 Å². The SMILES string of the molecule is FC(F)(F)c1ccc(OC2C[C]3CCC(C2)N3)c(C(F)(F)F)c1. The van der Waals surface area contributed by atoms with Crippen LogP contribution in [0.4, 0.5) is 26.3 Å². The van der Waals surface area contributed by atoms with Crippen LogP contribution in [0.25, 0.3) is 0 Å². The lowest BCUT2D eigenvalue weighted by Crippen LogP contribution is -2.38. The maximum absolute atomic E-state index is 13.1. The Morgan fingerprint density at radius 2 is 1.78 bits per heavy atom. The summed E-state index contributed by atoms with van der Waals surface area (Å²) in [6.07, 6.45) is -7.39. The molecule has 2 atom stereocenters. The number of ether oxygens (including phenoxy) is 1. The predicted octanol–water partition coefficient (Wildman–Crippen LogP) is 4.55. The van der Waals surface area contributed by atoms with Gasteiger partial charge in [-0.05, 0) is 37.5 Å². The van der Waals surface area contributed by atoms with Gasteiger partial charge in [-0.1, -0.05) is 0 Å². The van der Waals surface area contributed by atoms with E-state index >= 15 is 0 Å². The average Bonchev–Trinajstić information content (AvgIpc) is 2.76. The largest absolute Gasteiger partial charge is 0.490 e. The van der Waals surface area contributed by atoms with Crippen molar-refractivity contribution in [3.8, 4) is 5.75 Å². The molecular weight excluding hydrogens is 324 g/mol. The fourth-order valence-electron chi connectivity index (χ4n) is 3.09. The molecule has 3 rings (SSSR count). The zero-order valence-corrected chi connectivity index (χ0v) is 11.9. The van der Waals surface area contributed by atoms with Crippen LogP contribution in [-0.2, 0) is 12.4 Å². The van der Waals surface area contributed by atoms with Crippen LogP contribution in [0.3, 0.4) is 0 Å². The minimum Gasteiger partial charge on any atom is -0.490 e. The zero-order valence-electron chi connectivity index (χ0n) is 11.9. The van der Waals surface area contributed by atoms with Crippen LogP contribution in [0.1, 0.15) is 36.8 Å². The number of benzene rings is 1. The smallest absolute Gasteiger partial charge is 0.419 e. The van der Waals surface area contributed by atoms with Crippen LogP contribution in [-0.4, -0.2) is 12.1 Å². The van der Waals surface area contributed by atoms with E-state index in [9.17, 15) is 26.3 Å². The molecule has 0 amide bonds. The molecule has 127 valence electrons. The van der Waals surface area contributed by atoms with Gasteiger partial charge in [0.2, 0.25) is 0 Å². The fourth-order valence-corrected chi connectivity index (χ4v) is 3.09. The molecule has 0 spiro atoms. The minimum atomic E-state index is -4.91. The first-order valence-electron chi connectivity index (χ1n) is 7.19. The van der Waals surface area contributed by atoms with E-state index in [4.69, 9.17) is 4.74 Å². The lowest BCUT2D eigenvalue weighted by atomic mass is 10.0. The third kappa shape index (κ3) is 3.57. The first-order valence-corrected chi connectivity index (χ1v) is 7.19. The fraction of sp³-hybridized carbons (Fsp3) is 0.533. The number of hydrogen-bond acceptors (Lipinski definition) is 2. The van der Waals surface area contributed by atoms with Crippen molar-refractivity contribution in [2.24, 2.45) is 0 Å². The van der Waals surface area contributed by atoms with Crippen LogP contribution in [0.2, 0.25) is 0 Å². The topological polar surface area (TPSA) is 21.3 Å². The molecule has 1 aromatic rings. The Balaban J connectivity index is 1.86. The van der Waals surface area contributed by atoms with Gasteiger partial charge in [-0.3, -0.25) is 0 Å². The standard InChI is InChI=1S/C15H14F6NO/c16-14(17,18)8-1-4-13(12(5-8)15(19,20)21)23-11-6-9-2-3-10(7-11)22-9/h1,4-5,9,11,22H,2-3,6-7H2. The monoisotopic (exact) mass is 338 g/mol. The van der Waals surface area contributed by atoms with E-state index < -0.39 is 35.3 Å². The van der Waals surface area contributed by atoms with Crippen LogP contribution >= 0.6 is 0 Å². The summed E-state index contributed by atoms with van der Waals surface area (Å²) in [5, 5.41) is 3.25. The highest BCUT2D eigenvalue weighted by atomic mass is 19.4. The summed E-state index contributed by atoms with van der Waals surface area (Å²) in [7, 11) is 0. The molecule has 2 fully saturated rings. The van der Waals surface area contributed by atoms with Crippen molar-refractivity contribution in [2.45, 2.75) is 50.2 Å². The van der Waals surface area contributed by atoms with Gasteiger partial charge in [-0.2, -0.15) is 26.3 Å². The molecular formula is C15H14F6NO. The Hall–Kier alpha value is -1.44. The Morgan fingerprint density at radius 3 is 2.39 bits per heavy atom. The molecule has 2 unspecified atom stereocenters. The molecule has 23 heavy (non-hydrogen) atoms. The molecule has 2 bridgehead atoms. The highest BCUT2D eigenvalue weighted by Crippen LogP contribution is 2.42. The van der Waals surface area contributed by atoms with E-state index in [-0.39, 0.29) is 12.1 Å². The highest BCUT2D eigenvalue weighted by molar-refractivity contribution is 5.40. The first kappa shape index (κ1) is 16.4. The second kappa shape index (κ2) is 5.58. The van der Waals surface area contributed by atoms with Crippen LogP contribution < -0.4 is 10.1 Å². The van der Waals surface area contributed by atoms with Gasteiger partial charge in [0.15, 0.2) is 0 Å². The Morgan fingerprint density at radius 1 is 1.04 bits per heavy atom. The second-order valence-electron chi connectivity index (χ2n) is 5.87. The molecule has 2 aliphatic rings. The Kier molecular flexibility index (Phi) is 3.98. The van der Waals surface area contributed by atoms with Crippen molar-refractivity contribution in [1.29, 1.82) is 0 Å². The van der Waals surface area contributed by atoms with E-state index in [0.29, 0.717) is 18.9 Å². The van der Waals surface area contributed by atoms with Gasteiger partial charge in [0.05, 0.1) is 11.1 Å². The minimum absolute atomic E-state index is 0.109. The third-order valence-corrected chi connectivity index (χ3v) is 4.13. The van der Waals surface area contributed by atoms with Gasteiger partial charge >= 0.3 is 12.4 Å². The number of fused-ring (bicyclic) bond motifs is 2. The maximum Gasteiger partial charge on any atom is 0.419 e. The summed E-state index contributed by atoms with van der Waals surface area (Å²) in [5.74, 6) is -0.544. The number of alkyl halides is 6. The normalized spacial score (nSPS) is 25.7. The molecule has 1 radical (unpaired) electrons. The quantitative estimate of drug-likeness (QED) is 0.799. The number of rotatable bonds is 2. The molecule has 2 nitrogen and oxygen atoms in total. The zero-order chi connectivity index (χ0) is 16.8. The van der Waals surface area contributed by atoms with E-state index in [1.54, 1.807) is 0 Å². The maximum atomic E-state index is 13.1. The van der Waals surface area contributed by atoms with E-state index in [1.807, 2.05) is 0 Å². The molecule has 2 aliphatic heterocycles. The number of hydrogen-bond donors (Lipinski definition) is 1. The van der Waals surface area contributed by atoms with Gasteiger partial charge in [0.1, 0.15) is 11.9 Å². The molecule has 0 saturated carbocycles. The summed E-state index contributed by atoms with van der Waals surface area (Å²) >= 11 is 0. The Bertz CT molecular complexity index is 570. The van der Waals surface area contributed by atoms with Gasteiger partial charge in [0.25, 0.3) is 0 Å². The third-order valence-electron chi connectivity index (χ3n) is 4.13. The van der Waals surface area contributed by atoms with Crippen molar-refractivity contribution < 1.29 is 31.1 Å².